The van der Waals surface area contributed by atoms with Crippen molar-refractivity contribution in [3.63, 3.8) is 0 Å². The Bertz CT molecular complexity index is 685. The van der Waals surface area contributed by atoms with Crippen molar-refractivity contribution in [1.29, 1.82) is 0 Å². The number of hydrogen-bond acceptors (Lipinski definition) is 3. The minimum atomic E-state index is 0.228. The molecular weight excluding hydrogens is 256 g/mol. The van der Waals surface area contributed by atoms with Crippen molar-refractivity contribution in [2.45, 2.75) is 19.4 Å². The molecule has 0 spiro atoms. The van der Waals surface area contributed by atoms with E-state index >= 15 is 0 Å². The molecule has 96 valence electrons. The summed E-state index contributed by atoms with van der Waals surface area (Å²) in [7, 11) is 0. The lowest BCUT2D eigenvalue weighted by Gasteiger charge is -2.02. The van der Waals surface area contributed by atoms with E-state index in [-0.39, 0.29) is 5.78 Å². The molecule has 2 aromatic heterocycles. The van der Waals surface area contributed by atoms with Crippen LogP contribution in [0.1, 0.15) is 22.5 Å². The molecule has 0 amide bonds. The molecule has 0 fully saturated rings. The summed E-state index contributed by atoms with van der Waals surface area (Å²) < 4.78 is 1.97. The van der Waals surface area contributed by atoms with Crippen LogP contribution in [-0.4, -0.2) is 15.6 Å². The molecule has 1 aromatic carbocycles. The predicted octanol–water partition coefficient (Wildman–Crippen LogP) is 3.76. The summed E-state index contributed by atoms with van der Waals surface area (Å²) >= 11 is 1.51. The van der Waals surface area contributed by atoms with Gasteiger partial charge in [-0.2, -0.15) is 5.10 Å². The van der Waals surface area contributed by atoms with Crippen molar-refractivity contribution < 1.29 is 4.79 Å². The highest BCUT2D eigenvalue weighted by Crippen LogP contribution is 2.15. The normalized spacial score (nSPS) is 10.9. The molecule has 3 nitrogen and oxygen atoms in total. The van der Waals surface area contributed by atoms with Gasteiger partial charge in [-0.15, -0.1) is 11.3 Å². The van der Waals surface area contributed by atoms with Crippen LogP contribution in [-0.2, 0) is 6.54 Å². The molecule has 0 aliphatic rings. The average Bonchev–Trinajstić information content (AvgIpc) is 3.08. The smallest absolute Gasteiger partial charge is 0.172 e. The zero-order chi connectivity index (χ0) is 13.1. The van der Waals surface area contributed by atoms with Gasteiger partial charge in [0.05, 0.1) is 16.6 Å². The molecular formula is C15H14N2OS. The highest BCUT2D eigenvalue weighted by atomic mass is 32.1. The van der Waals surface area contributed by atoms with E-state index in [1.54, 1.807) is 0 Å². The van der Waals surface area contributed by atoms with Crippen LogP contribution in [0.15, 0.2) is 48.0 Å². The molecule has 0 saturated heterocycles. The van der Waals surface area contributed by atoms with Gasteiger partial charge in [-0.1, -0.05) is 24.3 Å². The average molecular weight is 270 g/mol. The third-order valence-electron chi connectivity index (χ3n) is 3.12. The van der Waals surface area contributed by atoms with E-state index in [1.807, 2.05) is 40.5 Å². The summed E-state index contributed by atoms with van der Waals surface area (Å²) in [5, 5.41) is 7.45. The van der Waals surface area contributed by atoms with Crippen LogP contribution in [0.25, 0.3) is 10.9 Å². The number of ketones is 1. The molecule has 0 atom stereocenters. The molecule has 3 rings (SSSR count). The summed E-state index contributed by atoms with van der Waals surface area (Å²) in [6, 6.07) is 11.9. The van der Waals surface area contributed by atoms with Crippen molar-refractivity contribution in [3.8, 4) is 0 Å². The number of thiophene rings is 1. The summed E-state index contributed by atoms with van der Waals surface area (Å²) in [5.41, 5.74) is 1.13. The third kappa shape index (κ3) is 2.58. The van der Waals surface area contributed by atoms with Gasteiger partial charge in [-0.3, -0.25) is 9.48 Å². The lowest BCUT2D eigenvalue weighted by atomic mass is 10.2. The minimum absolute atomic E-state index is 0.228. The molecule has 0 radical (unpaired) electrons. The zero-order valence-corrected chi connectivity index (χ0v) is 11.3. The molecule has 0 bridgehead atoms. The van der Waals surface area contributed by atoms with Crippen molar-refractivity contribution in [1.82, 2.24) is 9.78 Å². The van der Waals surface area contributed by atoms with E-state index in [2.05, 4.69) is 17.2 Å². The second kappa shape index (κ2) is 5.36. The van der Waals surface area contributed by atoms with Gasteiger partial charge in [0.25, 0.3) is 0 Å². The Balaban J connectivity index is 1.62. The van der Waals surface area contributed by atoms with Crippen LogP contribution < -0.4 is 0 Å². The van der Waals surface area contributed by atoms with E-state index in [0.717, 1.165) is 28.7 Å². The van der Waals surface area contributed by atoms with Crippen LogP contribution in [0.4, 0.5) is 0 Å². The van der Waals surface area contributed by atoms with Crippen LogP contribution >= 0.6 is 11.3 Å². The number of benzene rings is 1. The highest BCUT2D eigenvalue weighted by Gasteiger charge is 2.07. The topological polar surface area (TPSA) is 34.9 Å². The van der Waals surface area contributed by atoms with Crippen molar-refractivity contribution in [3.05, 3.63) is 52.9 Å². The maximum Gasteiger partial charge on any atom is 0.172 e. The number of fused-ring (bicyclic) bond motifs is 1. The van der Waals surface area contributed by atoms with Gasteiger partial charge >= 0.3 is 0 Å². The van der Waals surface area contributed by atoms with Crippen LogP contribution in [0.3, 0.4) is 0 Å². The molecule has 0 N–H and O–H groups in total. The SMILES string of the molecule is O=C(CCCn1ncc2ccccc21)c1cccs1. The number of Topliss-reactive ketones (excluding diaryl/α,β-unsaturated/α-hetero) is 1. The Labute approximate surface area is 115 Å². The molecule has 0 aliphatic carbocycles. The Morgan fingerprint density at radius 1 is 1.21 bits per heavy atom. The minimum Gasteiger partial charge on any atom is -0.293 e. The lowest BCUT2D eigenvalue weighted by Crippen LogP contribution is -2.03. The van der Waals surface area contributed by atoms with Gasteiger partial charge in [0.2, 0.25) is 0 Å². The molecule has 19 heavy (non-hydrogen) atoms. The van der Waals surface area contributed by atoms with Gasteiger partial charge in [-0.05, 0) is 23.9 Å². The summed E-state index contributed by atoms with van der Waals surface area (Å²) in [6.07, 6.45) is 3.27. The third-order valence-corrected chi connectivity index (χ3v) is 4.03. The fraction of sp³-hybridized carbons (Fsp3) is 0.200. The molecule has 0 aliphatic heterocycles. The quantitative estimate of drug-likeness (QED) is 0.662. The van der Waals surface area contributed by atoms with Crippen molar-refractivity contribution in [2.75, 3.05) is 0 Å². The number of hydrogen-bond donors (Lipinski definition) is 0. The molecule has 4 heteroatoms. The fourth-order valence-corrected chi connectivity index (χ4v) is 2.85. The summed E-state index contributed by atoms with van der Waals surface area (Å²) in [6.45, 7) is 0.782. The summed E-state index contributed by atoms with van der Waals surface area (Å²) in [5.74, 6) is 0.228. The number of aryl methyl sites for hydroxylation is 1. The van der Waals surface area contributed by atoms with E-state index < -0.39 is 0 Å². The number of aromatic nitrogens is 2. The maximum absolute atomic E-state index is 11.9. The number of carbonyl (C=O) groups is 1. The monoisotopic (exact) mass is 270 g/mol. The first-order chi connectivity index (χ1) is 9.34. The van der Waals surface area contributed by atoms with E-state index in [9.17, 15) is 4.79 Å². The zero-order valence-electron chi connectivity index (χ0n) is 10.5. The summed E-state index contributed by atoms with van der Waals surface area (Å²) in [4.78, 5) is 12.7. The maximum atomic E-state index is 11.9. The van der Waals surface area contributed by atoms with Crippen LogP contribution in [0.2, 0.25) is 0 Å². The lowest BCUT2D eigenvalue weighted by molar-refractivity contribution is 0.0982. The standard InChI is InChI=1S/C15H14N2OS/c18-14(15-8-4-10-19-15)7-3-9-17-13-6-2-1-5-12(13)11-16-17/h1-2,4-6,8,10-11H,3,7,9H2. The first-order valence-electron chi connectivity index (χ1n) is 6.32. The van der Waals surface area contributed by atoms with Crippen molar-refractivity contribution in [2.24, 2.45) is 0 Å². The van der Waals surface area contributed by atoms with Gasteiger partial charge in [0.1, 0.15) is 0 Å². The molecule has 0 saturated carbocycles. The first-order valence-corrected chi connectivity index (χ1v) is 7.20. The number of rotatable bonds is 5. The first kappa shape index (κ1) is 12.1. The van der Waals surface area contributed by atoms with Crippen LogP contribution in [0, 0.1) is 0 Å². The fourth-order valence-electron chi connectivity index (χ4n) is 2.15. The number of carbonyl (C=O) groups excluding carboxylic acids is 1. The van der Waals surface area contributed by atoms with E-state index in [1.165, 1.54) is 11.3 Å². The molecule has 3 aromatic rings. The largest absolute Gasteiger partial charge is 0.293 e. The number of para-hydroxylation sites is 1. The molecule has 0 unspecified atom stereocenters. The molecule has 2 heterocycles. The Morgan fingerprint density at radius 2 is 2.11 bits per heavy atom. The second-order valence-corrected chi connectivity index (χ2v) is 5.38. The Morgan fingerprint density at radius 3 is 2.95 bits per heavy atom. The van der Waals surface area contributed by atoms with Gasteiger partial charge in [0.15, 0.2) is 5.78 Å². The van der Waals surface area contributed by atoms with Crippen LogP contribution in [0.5, 0.6) is 0 Å². The Kier molecular flexibility index (Phi) is 3.42. The van der Waals surface area contributed by atoms with E-state index in [4.69, 9.17) is 0 Å². The van der Waals surface area contributed by atoms with Gasteiger partial charge < -0.3 is 0 Å². The van der Waals surface area contributed by atoms with Gasteiger partial charge in [0, 0.05) is 18.4 Å². The van der Waals surface area contributed by atoms with E-state index in [0.29, 0.717) is 6.42 Å². The van der Waals surface area contributed by atoms with Gasteiger partial charge in [-0.25, -0.2) is 0 Å². The predicted molar refractivity (Wildman–Crippen MR) is 77.6 cm³/mol. The highest BCUT2D eigenvalue weighted by molar-refractivity contribution is 7.12. The number of nitrogens with zero attached hydrogens (tertiary/aromatic N) is 2. The second-order valence-electron chi connectivity index (χ2n) is 4.43. The van der Waals surface area contributed by atoms with Crippen molar-refractivity contribution >= 4 is 28.0 Å². The Hall–Kier alpha value is -1.94.